The van der Waals surface area contributed by atoms with Crippen molar-refractivity contribution in [1.82, 2.24) is 15.5 Å². The van der Waals surface area contributed by atoms with Gasteiger partial charge in [0.25, 0.3) is 5.91 Å². The van der Waals surface area contributed by atoms with Gasteiger partial charge >= 0.3 is 6.03 Å². The number of benzene rings is 2. The van der Waals surface area contributed by atoms with Crippen molar-refractivity contribution in [2.24, 2.45) is 0 Å². The van der Waals surface area contributed by atoms with Crippen molar-refractivity contribution in [1.29, 1.82) is 0 Å². The SMILES string of the molecule is CC(C)(C)c1ccc([C@]2(C)NC(=O)N(CC(=O)NCCc3ccc(Cl)cc3Cl)C2=O)cc1. The Labute approximate surface area is 198 Å². The Balaban J connectivity index is 1.62. The highest BCUT2D eigenvalue weighted by atomic mass is 35.5. The molecule has 0 unspecified atom stereocenters. The second-order valence-electron chi connectivity index (χ2n) is 9.11. The maximum absolute atomic E-state index is 13.1. The zero-order chi connectivity index (χ0) is 23.7. The number of nitrogens with one attached hydrogen (secondary N) is 2. The molecule has 0 bridgehead atoms. The Morgan fingerprint density at radius 1 is 1.09 bits per heavy atom. The van der Waals surface area contributed by atoms with Crippen LogP contribution in [-0.4, -0.2) is 35.8 Å². The standard InChI is InChI=1S/C24H27Cl2N3O3/c1-23(2,3)16-6-8-17(9-7-16)24(4)21(31)29(22(32)28-24)14-20(30)27-12-11-15-5-10-18(25)13-19(15)26/h5-10,13H,11-12,14H2,1-4H3,(H,27,30)(H,28,32)/t24-/m0/s1. The molecule has 8 heteroatoms. The smallest absolute Gasteiger partial charge is 0.325 e. The van der Waals surface area contributed by atoms with Crippen LogP contribution in [-0.2, 0) is 27.0 Å². The van der Waals surface area contributed by atoms with Gasteiger partial charge in [0.1, 0.15) is 12.1 Å². The first-order valence-corrected chi connectivity index (χ1v) is 11.1. The molecule has 0 saturated carbocycles. The molecule has 1 heterocycles. The number of nitrogens with zero attached hydrogens (tertiary/aromatic N) is 1. The number of halogens is 2. The van der Waals surface area contributed by atoms with Crippen molar-refractivity contribution in [3.63, 3.8) is 0 Å². The number of hydrogen-bond donors (Lipinski definition) is 2. The van der Waals surface area contributed by atoms with E-state index in [2.05, 4.69) is 31.4 Å². The number of amides is 4. The van der Waals surface area contributed by atoms with E-state index in [9.17, 15) is 14.4 Å². The zero-order valence-corrected chi connectivity index (χ0v) is 20.1. The maximum atomic E-state index is 13.1. The third-order valence-electron chi connectivity index (χ3n) is 5.64. The summed E-state index contributed by atoms with van der Waals surface area (Å²) in [6.45, 7) is 7.93. The van der Waals surface area contributed by atoms with Crippen molar-refractivity contribution in [2.75, 3.05) is 13.1 Å². The molecule has 2 N–H and O–H groups in total. The summed E-state index contributed by atoms with van der Waals surface area (Å²) in [5.74, 6) is -0.882. The summed E-state index contributed by atoms with van der Waals surface area (Å²) in [4.78, 5) is 38.9. The first-order valence-electron chi connectivity index (χ1n) is 10.4. The molecular formula is C24H27Cl2N3O3. The summed E-state index contributed by atoms with van der Waals surface area (Å²) in [6, 6.07) is 12.2. The second-order valence-corrected chi connectivity index (χ2v) is 9.95. The highest BCUT2D eigenvalue weighted by molar-refractivity contribution is 6.35. The van der Waals surface area contributed by atoms with E-state index in [4.69, 9.17) is 23.2 Å². The molecule has 0 aliphatic carbocycles. The summed E-state index contributed by atoms with van der Waals surface area (Å²) < 4.78 is 0. The van der Waals surface area contributed by atoms with Crippen molar-refractivity contribution in [2.45, 2.75) is 45.1 Å². The highest BCUT2D eigenvalue weighted by Crippen LogP contribution is 2.31. The first kappa shape index (κ1) is 24.1. The van der Waals surface area contributed by atoms with Gasteiger partial charge in [0.2, 0.25) is 5.91 Å². The predicted molar refractivity (Wildman–Crippen MR) is 126 cm³/mol. The molecule has 0 aromatic heterocycles. The van der Waals surface area contributed by atoms with Gasteiger partial charge in [-0.15, -0.1) is 0 Å². The van der Waals surface area contributed by atoms with E-state index in [1.807, 2.05) is 24.3 Å². The normalized spacial score (nSPS) is 18.6. The molecule has 6 nitrogen and oxygen atoms in total. The predicted octanol–water partition coefficient (Wildman–Crippen LogP) is 4.42. The second kappa shape index (κ2) is 9.12. The average Bonchev–Trinajstić information content (AvgIpc) is 2.93. The van der Waals surface area contributed by atoms with Gasteiger partial charge in [-0.25, -0.2) is 4.79 Å². The van der Waals surface area contributed by atoms with Crippen LogP contribution in [0.25, 0.3) is 0 Å². The van der Waals surface area contributed by atoms with Gasteiger partial charge in [-0.05, 0) is 47.6 Å². The Bertz CT molecular complexity index is 1050. The van der Waals surface area contributed by atoms with Crippen LogP contribution >= 0.6 is 23.2 Å². The Hall–Kier alpha value is -2.57. The lowest BCUT2D eigenvalue weighted by Crippen LogP contribution is -2.43. The lowest BCUT2D eigenvalue weighted by molar-refractivity contribution is -0.134. The van der Waals surface area contributed by atoms with Crippen molar-refractivity contribution >= 4 is 41.0 Å². The fraction of sp³-hybridized carbons (Fsp3) is 0.375. The van der Waals surface area contributed by atoms with Gasteiger partial charge in [0.15, 0.2) is 0 Å². The average molecular weight is 476 g/mol. The van der Waals surface area contributed by atoms with Crippen molar-refractivity contribution in [3.8, 4) is 0 Å². The molecular weight excluding hydrogens is 449 g/mol. The van der Waals surface area contributed by atoms with Gasteiger partial charge in [-0.1, -0.05) is 74.3 Å². The highest BCUT2D eigenvalue weighted by Gasteiger charge is 2.49. The minimum absolute atomic E-state index is 0.0251. The maximum Gasteiger partial charge on any atom is 0.325 e. The summed E-state index contributed by atoms with van der Waals surface area (Å²) in [6.07, 6.45) is 0.500. The van der Waals surface area contributed by atoms with Crippen LogP contribution in [0.5, 0.6) is 0 Å². The van der Waals surface area contributed by atoms with E-state index in [0.29, 0.717) is 28.6 Å². The summed E-state index contributed by atoms with van der Waals surface area (Å²) >= 11 is 12.0. The number of carbonyl (C=O) groups is 3. The molecule has 2 aromatic rings. The van der Waals surface area contributed by atoms with Gasteiger partial charge in [0, 0.05) is 16.6 Å². The van der Waals surface area contributed by atoms with Gasteiger partial charge in [0.05, 0.1) is 0 Å². The molecule has 1 aliphatic heterocycles. The third kappa shape index (κ3) is 5.08. The number of carbonyl (C=O) groups excluding carboxylic acids is 3. The van der Waals surface area contributed by atoms with Crippen LogP contribution in [0, 0.1) is 0 Å². The van der Waals surface area contributed by atoms with E-state index in [1.165, 1.54) is 0 Å². The third-order valence-corrected chi connectivity index (χ3v) is 6.22. The molecule has 3 rings (SSSR count). The Morgan fingerprint density at radius 3 is 2.34 bits per heavy atom. The topological polar surface area (TPSA) is 78.5 Å². The van der Waals surface area contributed by atoms with Crippen molar-refractivity contribution in [3.05, 3.63) is 69.2 Å². The van der Waals surface area contributed by atoms with Gasteiger partial charge in [-0.2, -0.15) is 0 Å². The van der Waals surface area contributed by atoms with Crippen molar-refractivity contribution < 1.29 is 14.4 Å². The molecule has 0 radical (unpaired) electrons. The summed E-state index contributed by atoms with van der Waals surface area (Å²) in [7, 11) is 0. The van der Waals surface area contributed by atoms with Crippen LogP contribution in [0.15, 0.2) is 42.5 Å². The molecule has 32 heavy (non-hydrogen) atoms. The van der Waals surface area contributed by atoms with E-state index in [0.717, 1.165) is 16.0 Å². The molecule has 170 valence electrons. The number of imide groups is 1. The fourth-order valence-corrected chi connectivity index (χ4v) is 4.10. The number of hydrogen-bond acceptors (Lipinski definition) is 3. The lowest BCUT2D eigenvalue weighted by Gasteiger charge is -2.24. The number of rotatable bonds is 6. The first-order chi connectivity index (χ1) is 14.9. The minimum atomic E-state index is -1.22. The quantitative estimate of drug-likeness (QED) is 0.606. The molecule has 4 amide bonds. The van der Waals surface area contributed by atoms with Crippen LogP contribution in [0.3, 0.4) is 0 Å². The van der Waals surface area contributed by atoms with Gasteiger partial charge < -0.3 is 10.6 Å². The summed E-state index contributed by atoms with van der Waals surface area (Å²) in [5, 5.41) is 6.52. The van der Waals surface area contributed by atoms with E-state index >= 15 is 0 Å². The van der Waals surface area contributed by atoms with Crippen LogP contribution in [0.1, 0.15) is 44.4 Å². The largest absolute Gasteiger partial charge is 0.354 e. The molecule has 1 fully saturated rings. The molecule has 1 saturated heterocycles. The molecule has 2 aromatic carbocycles. The van der Waals surface area contributed by atoms with Crippen LogP contribution in [0.2, 0.25) is 10.0 Å². The Morgan fingerprint density at radius 2 is 1.75 bits per heavy atom. The van der Waals surface area contributed by atoms with E-state index in [-0.39, 0.29) is 12.0 Å². The van der Waals surface area contributed by atoms with E-state index in [1.54, 1.807) is 25.1 Å². The zero-order valence-electron chi connectivity index (χ0n) is 18.6. The van der Waals surface area contributed by atoms with Crippen LogP contribution in [0.4, 0.5) is 4.79 Å². The Kier molecular flexibility index (Phi) is 6.86. The monoisotopic (exact) mass is 475 g/mol. The minimum Gasteiger partial charge on any atom is -0.354 e. The van der Waals surface area contributed by atoms with Crippen LogP contribution < -0.4 is 10.6 Å². The fourth-order valence-electron chi connectivity index (χ4n) is 3.60. The molecule has 0 spiro atoms. The number of urea groups is 1. The summed E-state index contributed by atoms with van der Waals surface area (Å²) in [5.41, 5.74) is 1.40. The van der Waals surface area contributed by atoms with Gasteiger partial charge in [-0.3, -0.25) is 14.5 Å². The van der Waals surface area contributed by atoms with E-state index < -0.39 is 23.4 Å². The molecule has 1 atom stereocenters. The lowest BCUT2D eigenvalue weighted by atomic mass is 9.84. The molecule has 1 aliphatic rings.